The van der Waals surface area contributed by atoms with Gasteiger partial charge in [0.05, 0.1) is 5.69 Å². The Labute approximate surface area is 129 Å². The molecule has 1 amide bonds. The molecule has 104 valence electrons. The van der Waals surface area contributed by atoms with Crippen LogP contribution >= 0.6 is 28.1 Å². The molecule has 2 rings (SSSR count). The molecule has 1 aromatic carbocycles. The Morgan fingerprint density at radius 1 is 1.35 bits per heavy atom. The van der Waals surface area contributed by atoms with Crippen LogP contribution in [0, 0.1) is 0 Å². The summed E-state index contributed by atoms with van der Waals surface area (Å²) in [5.74, 6) is 0.308. The molecular weight excluding hydrogens is 344 g/mol. The maximum Gasteiger partial charge on any atom is 0.291 e. The fraction of sp³-hybridized carbons (Fsp3) is 0.0769. The number of nitrogens with two attached hydrogens (primary N) is 1. The summed E-state index contributed by atoms with van der Waals surface area (Å²) in [6.45, 7) is 0.106. The third kappa shape index (κ3) is 3.82. The Morgan fingerprint density at radius 3 is 2.75 bits per heavy atom. The van der Waals surface area contributed by atoms with E-state index < -0.39 is 0 Å². The molecule has 0 spiro atoms. The van der Waals surface area contributed by atoms with E-state index in [4.69, 9.17) is 27.1 Å². The molecule has 0 aliphatic carbocycles. The molecule has 0 atom stereocenters. The van der Waals surface area contributed by atoms with Gasteiger partial charge in [0.15, 0.2) is 10.4 Å². The number of nitrogens with one attached hydrogen (secondary N) is 1. The summed E-state index contributed by atoms with van der Waals surface area (Å²) >= 11 is 7.89. The molecule has 0 radical (unpaired) electrons. The summed E-state index contributed by atoms with van der Waals surface area (Å²) in [4.78, 5) is 12.2. The summed E-state index contributed by atoms with van der Waals surface area (Å²) in [7, 11) is 0. The lowest BCUT2D eigenvalue weighted by Gasteiger charge is -2.11. The first-order valence-electron chi connectivity index (χ1n) is 5.63. The number of carbonyl (C=O) groups is 1. The van der Waals surface area contributed by atoms with Crippen LogP contribution in [0.1, 0.15) is 10.6 Å². The number of para-hydroxylation sites is 2. The molecule has 7 heteroatoms. The third-order valence-corrected chi connectivity index (χ3v) is 2.85. The normalized spacial score (nSPS) is 10.1. The summed E-state index contributed by atoms with van der Waals surface area (Å²) < 4.78 is 11.1. The van der Waals surface area contributed by atoms with Crippen molar-refractivity contribution in [2.24, 2.45) is 5.73 Å². The largest absolute Gasteiger partial charge is 0.484 e. The van der Waals surface area contributed by atoms with E-state index >= 15 is 0 Å². The number of hydrogen-bond donors (Lipinski definition) is 2. The smallest absolute Gasteiger partial charge is 0.291 e. The number of halogens is 1. The van der Waals surface area contributed by atoms with Crippen molar-refractivity contribution in [3.05, 3.63) is 46.8 Å². The lowest BCUT2D eigenvalue weighted by Crippen LogP contribution is -2.19. The van der Waals surface area contributed by atoms with Crippen molar-refractivity contribution in [3.8, 4) is 5.75 Å². The van der Waals surface area contributed by atoms with Gasteiger partial charge >= 0.3 is 0 Å². The van der Waals surface area contributed by atoms with Crippen LogP contribution in [-0.2, 0) is 0 Å². The Hall–Kier alpha value is -1.86. The van der Waals surface area contributed by atoms with Gasteiger partial charge in [-0.3, -0.25) is 4.79 Å². The summed E-state index contributed by atoms with van der Waals surface area (Å²) in [6, 6.07) is 10.2. The predicted molar refractivity (Wildman–Crippen MR) is 83.1 cm³/mol. The van der Waals surface area contributed by atoms with Crippen molar-refractivity contribution in [2.45, 2.75) is 0 Å². The zero-order chi connectivity index (χ0) is 14.5. The Balaban J connectivity index is 2.12. The van der Waals surface area contributed by atoms with E-state index in [1.165, 1.54) is 0 Å². The van der Waals surface area contributed by atoms with Gasteiger partial charge in [0.25, 0.3) is 5.91 Å². The molecule has 0 fully saturated rings. The topological polar surface area (TPSA) is 77.5 Å². The fourth-order valence-corrected chi connectivity index (χ4v) is 1.83. The molecule has 0 aliphatic rings. The highest BCUT2D eigenvalue weighted by Gasteiger charge is 2.13. The van der Waals surface area contributed by atoms with E-state index in [0.29, 0.717) is 16.1 Å². The van der Waals surface area contributed by atoms with Crippen molar-refractivity contribution >= 4 is 44.7 Å². The second-order valence-electron chi connectivity index (χ2n) is 3.81. The minimum Gasteiger partial charge on any atom is -0.484 e. The van der Waals surface area contributed by atoms with Crippen molar-refractivity contribution in [3.63, 3.8) is 0 Å². The molecule has 0 saturated heterocycles. The van der Waals surface area contributed by atoms with E-state index in [-0.39, 0.29) is 23.3 Å². The minimum absolute atomic E-state index is 0.106. The molecule has 1 aromatic heterocycles. The highest BCUT2D eigenvalue weighted by Crippen LogP contribution is 2.25. The number of hydrogen-bond acceptors (Lipinski definition) is 4. The second-order valence-corrected chi connectivity index (χ2v) is 5.11. The highest BCUT2D eigenvalue weighted by molar-refractivity contribution is 9.10. The highest BCUT2D eigenvalue weighted by atomic mass is 79.9. The lowest BCUT2D eigenvalue weighted by atomic mass is 10.3. The van der Waals surface area contributed by atoms with E-state index in [1.807, 2.05) is 0 Å². The van der Waals surface area contributed by atoms with Crippen LogP contribution in [0.3, 0.4) is 0 Å². The monoisotopic (exact) mass is 354 g/mol. The molecule has 0 unspecified atom stereocenters. The zero-order valence-corrected chi connectivity index (χ0v) is 12.7. The van der Waals surface area contributed by atoms with Crippen LogP contribution < -0.4 is 15.8 Å². The average molecular weight is 355 g/mol. The van der Waals surface area contributed by atoms with E-state index in [9.17, 15) is 4.79 Å². The van der Waals surface area contributed by atoms with Crippen molar-refractivity contribution < 1.29 is 13.9 Å². The summed E-state index contributed by atoms with van der Waals surface area (Å²) in [6.07, 6.45) is 0. The lowest BCUT2D eigenvalue weighted by molar-refractivity contribution is 0.0995. The molecule has 3 N–H and O–H groups in total. The van der Waals surface area contributed by atoms with Gasteiger partial charge < -0.3 is 20.2 Å². The first kappa shape index (κ1) is 14.5. The number of rotatable bonds is 5. The first-order chi connectivity index (χ1) is 9.56. The zero-order valence-electron chi connectivity index (χ0n) is 10.3. The van der Waals surface area contributed by atoms with Crippen molar-refractivity contribution in [1.29, 1.82) is 0 Å². The average Bonchev–Trinajstić information content (AvgIpc) is 2.84. The number of carbonyl (C=O) groups excluding carboxylic acids is 1. The molecule has 2 aromatic rings. The van der Waals surface area contributed by atoms with Crippen LogP contribution in [0.5, 0.6) is 5.75 Å². The molecule has 0 bridgehead atoms. The van der Waals surface area contributed by atoms with E-state index in [1.54, 1.807) is 36.4 Å². The first-order valence-corrected chi connectivity index (χ1v) is 6.83. The maximum atomic E-state index is 12.0. The molecule has 20 heavy (non-hydrogen) atoms. The SMILES string of the molecule is NC(=S)COc1ccccc1NC(=O)c1ccc(Br)o1. The van der Waals surface area contributed by atoms with Crippen molar-refractivity contribution in [2.75, 3.05) is 11.9 Å². The third-order valence-electron chi connectivity index (χ3n) is 2.30. The predicted octanol–water partition coefficient (Wildman–Crippen LogP) is 2.96. The van der Waals surface area contributed by atoms with Gasteiger partial charge in [0.1, 0.15) is 17.3 Å². The Bertz CT molecular complexity index is 642. The number of ether oxygens (including phenoxy) is 1. The number of anilines is 1. The number of furan rings is 1. The van der Waals surface area contributed by atoms with Gasteiger partial charge in [0, 0.05) is 0 Å². The quantitative estimate of drug-likeness (QED) is 0.807. The van der Waals surface area contributed by atoms with Crippen LogP contribution in [0.4, 0.5) is 5.69 Å². The van der Waals surface area contributed by atoms with E-state index in [2.05, 4.69) is 21.2 Å². The minimum atomic E-state index is -0.373. The molecular formula is C13H11BrN2O3S. The van der Waals surface area contributed by atoms with Crippen LogP contribution in [0.2, 0.25) is 0 Å². The maximum absolute atomic E-state index is 12.0. The standard InChI is InChI=1S/C13H11BrN2O3S/c14-11-6-5-10(19-11)13(17)16-8-3-1-2-4-9(8)18-7-12(15)20/h1-6H,7H2,(H2,15,20)(H,16,17). The van der Waals surface area contributed by atoms with Crippen LogP contribution in [0.25, 0.3) is 0 Å². The molecule has 5 nitrogen and oxygen atoms in total. The van der Waals surface area contributed by atoms with Crippen LogP contribution in [0.15, 0.2) is 45.5 Å². The van der Waals surface area contributed by atoms with Gasteiger partial charge in [0.2, 0.25) is 0 Å². The van der Waals surface area contributed by atoms with Gasteiger partial charge in [-0.05, 0) is 40.2 Å². The van der Waals surface area contributed by atoms with E-state index in [0.717, 1.165) is 0 Å². The second kappa shape index (κ2) is 6.53. The molecule has 0 aliphatic heterocycles. The van der Waals surface area contributed by atoms with Crippen molar-refractivity contribution in [1.82, 2.24) is 0 Å². The van der Waals surface area contributed by atoms with Gasteiger partial charge in [-0.2, -0.15) is 0 Å². The Morgan fingerprint density at radius 2 is 2.10 bits per heavy atom. The van der Waals surface area contributed by atoms with Crippen LogP contribution in [-0.4, -0.2) is 17.5 Å². The van der Waals surface area contributed by atoms with Gasteiger partial charge in [-0.1, -0.05) is 24.4 Å². The molecule has 0 saturated carbocycles. The number of amides is 1. The Kier molecular flexibility index (Phi) is 4.75. The van der Waals surface area contributed by atoms with Gasteiger partial charge in [-0.25, -0.2) is 0 Å². The fourth-order valence-electron chi connectivity index (χ4n) is 1.46. The summed E-state index contributed by atoms with van der Waals surface area (Å²) in [5.41, 5.74) is 5.90. The summed E-state index contributed by atoms with van der Waals surface area (Å²) in [5, 5.41) is 2.70. The number of thiocarbonyl (C=S) groups is 1. The van der Waals surface area contributed by atoms with Gasteiger partial charge in [-0.15, -0.1) is 0 Å². The molecule has 1 heterocycles. The number of benzene rings is 1.